The third kappa shape index (κ3) is 4.26. The Morgan fingerprint density at radius 1 is 1.24 bits per heavy atom. The Bertz CT molecular complexity index is 967. The lowest BCUT2D eigenvalue weighted by Crippen LogP contribution is -2.53. The van der Waals surface area contributed by atoms with Gasteiger partial charge in [0.2, 0.25) is 5.91 Å². The summed E-state index contributed by atoms with van der Waals surface area (Å²) in [4.78, 5) is 37.2. The van der Waals surface area contributed by atoms with Crippen molar-refractivity contribution in [2.45, 2.75) is 45.3 Å². The average molecular weight is 413 g/mol. The van der Waals surface area contributed by atoms with Crippen molar-refractivity contribution < 1.29 is 19.1 Å². The van der Waals surface area contributed by atoms with Crippen LogP contribution in [0.15, 0.2) is 29.6 Å². The van der Waals surface area contributed by atoms with E-state index >= 15 is 0 Å². The van der Waals surface area contributed by atoms with Gasteiger partial charge in [-0.3, -0.25) is 14.4 Å². The number of aryl methyl sites for hydroxylation is 1. The summed E-state index contributed by atoms with van der Waals surface area (Å²) < 4.78 is 5.59. The number of Topliss-reactive ketones (excluding diaryl/α,β-unsaturated/α-hetero) is 1. The van der Waals surface area contributed by atoms with Crippen molar-refractivity contribution in [3.05, 3.63) is 51.2 Å². The van der Waals surface area contributed by atoms with Gasteiger partial charge in [-0.2, -0.15) is 0 Å². The molecule has 7 heteroatoms. The first-order valence-corrected chi connectivity index (χ1v) is 10.7. The molecule has 29 heavy (non-hydrogen) atoms. The average Bonchev–Trinajstić information content (AvgIpc) is 3.28. The zero-order chi connectivity index (χ0) is 20.5. The summed E-state index contributed by atoms with van der Waals surface area (Å²) in [5.74, 6) is 0.121. The molecule has 2 aliphatic rings. The molecular formula is C22H24N2O4S. The van der Waals surface area contributed by atoms with Crippen LogP contribution in [-0.4, -0.2) is 36.4 Å². The van der Waals surface area contributed by atoms with Gasteiger partial charge in [0.25, 0.3) is 5.91 Å². The first kappa shape index (κ1) is 19.8. The fourth-order valence-electron chi connectivity index (χ4n) is 3.95. The van der Waals surface area contributed by atoms with Gasteiger partial charge < -0.3 is 15.4 Å². The Morgan fingerprint density at radius 2 is 2.07 bits per heavy atom. The van der Waals surface area contributed by atoms with Gasteiger partial charge in [-0.25, -0.2) is 0 Å². The standard InChI is InChI=1S/C22H24N2O4S/c1-12-3-4-15(22(27)24-18-10-19-16(18)5-6-28-19)9-17(12)23-21(26)8-14-7-20(13(2)25)29-11-14/h3-4,7,9,11,16,18-19H,5-6,8,10H2,1-2H3,(H,23,26)(H,24,27)/t16-,18+,19+/m0/s1. The number of carbonyl (C=O) groups excluding carboxylic acids is 3. The smallest absolute Gasteiger partial charge is 0.251 e. The van der Waals surface area contributed by atoms with E-state index in [2.05, 4.69) is 10.6 Å². The molecule has 1 saturated heterocycles. The van der Waals surface area contributed by atoms with Crippen molar-refractivity contribution in [3.63, 3.8) is 0 Å². The van der Waals surface area contributed by atoms with Crippen molar-refractivity contribution in [1.82, 2.24) is 5.32 Å². The second-order valence-electron chi connectivity index (χ2n) is 7.81. The molecule has 4 rings (SSSR count). The first-order valence-electron chi connectivity index (χ1n) is 9.82. The molecule has 1 saturated carbocycles. The Balaban J connectivity index is 1.39. The van der Waals surface area contributed by atoms with Gasteiger partial charge in [0.15, 0.2) is 5.78 Å². The molecule has 2 fully saturated rings. The number of amides is 2. The van der Waals surface area contributed by atoms with E-state index in [9.17, 15) is 14.4 Å². The van der Waals surface area contributed by atoms with Crippen LogP contribution >= 0.6 is 11.3 Å². The number of fused-ring (bicyclic) bond motifs is 1. The summed E-state index contributed by atoms with van der Waals surface area (Å²) in [6.45, 7) is 4.18. The van der Waals surface area contributed by atoms with Crippen molar-refractivity contribution >= 4 is 34.6 Å². The number of ether oxygens (including phenoxy) is 1. The number of nitrogens with one attached hydrogen (secondary N) is 2. The second-order valence-corrected chi connectivity index (χ2v) is 8.72. The number of hydrogen-bond donors (Lipinski definition) is 2. The number of anilines is 1. The minimum atomic E-state index is -0.177. The van der Waals surface area contributed by atoms with Gasteiger partial charge in [0.05, 0.1) is 17.4 Å². The summed E-state index contributed by atoms with van der Waals surface area (Å²) in [7, 11) is 0. The van der Waals surface area contributed by atoms with E-state index in [0.29, 0.717) is 28.1 Å². The number of thiophene rings is 1. The Kier molecular flexibility index (Phi) is 5.52. The van der Waals surface area contributed by atoms with Crippen LogP contribution in [0.3, 0.4) is 0 Å². The van der Waals surface area contributed by atoms with Crippen LogP contribution in [0.4, 0.5) is 5.69 Å². The lowest BCUT2D eigenvalue weighted by atomic mass is 9.76. The maximum absolute atomic E-state index is 12.6. The number of carbonyl (C=O) groups is 3. The van der Waals surface area contributed by atoms with Crippen LogP contribution in [-0.2, 0) is 16.0 Å². The monoisotopic (exact) mass is 412 g/mol. The number of ketones is 1. The number of rotatable bonds is 6. The van der Waals surface area contributed by atoms with Gasteiger partial charge in [-0.05, 0) is 61.4 Å². The van der Waals surface area contributed by atoms with Crippen LogP contribution in [0, 0.1) is 12.8 Å². The van der Waals surface area contributed by atoms with Crippen LogP contribution in [0.2, 0.25) is 0 Å². The largest absolute Gasteiger partial charge is 0.378 e. The highest BCUT2D eigenvalue weighted by Crippen LogP contribution is 2.38. The lowest BCUT2D eigenvalue weighted by Gasteiger charge is -2.39. The van der Waals surface area contributed by atoms with E-state index < -0.39 is 0 Å². The highest BCUT2D eigenvalue weighted by atomic mass is 32.1. The molecule has 0 unspecified atom stereocenters. The summed E-state index contributed by atoms with van der Waals surface area (Å²) in [5.41, 5.74) is 2.85. The third-order valence-corrected chi connectivity index (χ3v) is 6.80. The Morgan fingerprint density at radius 3 is 2.79 bits per heavy atom. The Hall–Kier alpha value is -2.51. The molecule has 2 amide bonds. The number of benzene rings is 1. The van der Waals surface area contributed by atoms with Crippen LogP contribution in [0.25, 0.3) is 0 Å². The second kappa shape index (κ2) is 8.08. The molecule has 1 aliphatic heterocycles. The molecule has 0 radical (unpaired) electrons. The maximum Gasteiger partial charge on any atom is 0.251 e. The minimum Gasteiger partial charge on any atom is -0.378 e. The Labute approximate surface area is 173 Å². The zero-order valence-corrected chi connectivity index (χ0v) is 17.3. The van der Waals surface area contributed by atoms with Gasteiger partial charge in [0, 0.05) is 29.8 Å². The predicted molar refractivity (Wildman–Crippen MR) is 112 cm³/mol. The highest BCUT2D eigenvalue weighted by Gasteiger charge is 2.45. The quantitative estimate of drug-likeness (QED) is 0.713. The molecule has 2 aromatic rings. The van der Waals surface area contributed by atoms with E-state index in [1.54, 1.807) is 18.2 Å². The molecule has 2 N–H and O–H groups in total. The van der Waals surface area contributed by atoms with Crippen LogP contribution in [0.5, 0.6) is 0 Å². The van der Waals surface area contributed by atoms with Crippen molar-refractivity contribution in [2.24, 2.45) is 5.92 Å². The van der Waals surface area contributed by atoms with Gasteiger partial charge in [0.1, 0.15) is 0 Å². The van der Waals surface area contributed by atoms with E-state index in [0.717, 1.165) is 30.6 Å². The molecule has 0 spiro atoms. The highest BCUT2D eigenvalue weighted by molar-refractivity contribution is 7.12. The molecular weight excluding hydrogens is 388 g/mol. The summed E-state index contributed by atoms with van der Waals surface area (Å²) in [5, 5.41) is 7.81. The molecule has 1 aliphatic carbocycles. The molecule has 6 nitrogen and oxygen atoms in total. The summed E-state index contributed by atoms with van der Waals surface area (Å²) in [6.07, 6.45) is 2.35. The van der Waals surface area contributed by atoms with E-state index in [4.69, 9.17) is 4.74 Å². The lowest BCUT2D eigenvalue weighted by molar-refractivity contribution is -0.115. The normalized spacial score (nSPS) is 22.5. The summed E-state index contributed by atoms with van der Waals surface area (Å²) in [6, 6.07) is 7.26. The first-order chi connectivity index (χ1) is 13.9. The van der Waals surface area contributed by atoms with E-state index in [1.807, 2.05) is 18.4 Å². The van der Waals surface area contributed by atoms with Crippen molar-refractivity contribution in [1.29, 1.82) is 0 Å². The van der Waals surface area contributed by atoms with Crippen molar-refractivity contribution in [3.8, 4) is 0 Å². The van der Waals surface area contributed by atoms with E-state index in [1.165, 1.54) is 18.3 Å². The molecule has 152 valence electrons. The van der Waals surface area contributed by atoms with Crippen LogP contribution in [0.1, 0.15) is 50.9 Å². The van der Waals surface area contributed by atoms with Gasteiger partial charge in [-0.1, -0.05) is 6.07 Å². The summed E-state index contributed by atoms with van der Waals surface area (Å²) >= 11 is 1.34. The van der Waals surface area contributed by atoms with E-state index in [-0.39, 0.29) is 30.1 Å². The van der Waals surface area contributed by atoms with Gasteiger partial charge in [-0.15, -0.1) is 11.3 Å². The fraction of sp³-hybridized carbons (Fsp3) is 0.409. The zero-order valence-electron chi connectivity index (χ0n) is 16.5. The fourth-order valence-corrected chi connectivity index (χ4v) is 4.76. The van der Waals surface area contributed by atoms with Crippen LogP contribution < -0.4 is 10.6 Å². The predicted octanol–water partition coefficient (Wildman–Crippen LogP) is 3.35. The maximum atomic E-state index is 12.6. The molecule has 1 aromatic heterocycles. The minimum absolute atomic E-state index is 0.00170. The molecule has 1 aromatic carbocycles. The molecule has 3 atom stereocenters. The molecule has 2 heterocycles. The number of hydrogen-bond acceptors (Lipinski definition) is 5. The topological polar surface area (TPSA) is 84.5 Å². The van der Waals surface area contributed by atoms with Gasteiger partial charge >= 0.3 is 0 Å². The third-order valence-electron chi connectivity index (χ3n) is 5.72. The SMILES string of the molecule is CC(=O)c1cc(CC(=O)Nc2cc(C(=O)N[C@@H]3C[C@H]4OCC[C@@H]34)ccc2C)cs1. The molecule has 0 bridgehead atoms. The van der Waals surface area contributed by atoms with Crippen molar-refractivity contribution in [2.75, 3.05) is 11.9 Å².